The molecule has 6 nitrogen and oxygen atoms in total. The average Bonchev–Trinajstić information content (AvgIpc) is 2.23. The van der Waals surface area contributed by atoms with E-state index in [1.54, 1.807) is 0 Å². The SMILES string of the molecule is C[C@@H]1CN[C@@H]2[C@@H](O1)[C@H](O)[C@@H](CO)O[C@@H]2O. The van der Waals surface area contributed by atoms with E-state index in [9.17, 15) is 10.2 Å². The molecule has 2 fully saturated rings. The molecule has 2 heterocycles. The molecule has 2 saturated heterocycles. The molecular weight excluding hydrogens is 202 g/mol. The molecule has 0 aromatic carbocycles. The van der Waals surface area contributed by atoms with E-state index in [0.29, 0.717) is 6.54 Å². The second-order valence-corrected chi connectivity index (χ2v) is 4.08. The van der Waals surface area contributed by atoms with Gasteiger partial charge in [0.1, 0.15) is 18.3 Å². The third-order valence-electron chi connectivity index (χ3n) is 2.90. The first-order chi connectivity index (χ1) is 7.13. The van der Waals surface area contributed by atoms with E-state index < -0.39 is 30.6 Å². The van der Waals surface area contributed by atoms with Crippen LogP contribution in [0.5, 0.6) is 0 Å². The monoisotopic (exact) mass is 219 g/mol. The van der Waals surface area contributed by atoms with E-state index in [1.165, 1.54) is 0 Å². The average molecular weight is 219 g/mol. The largest absolute Gasteiger partial charge is 0.394 e. The topological polar surface area (TPSA) is 91.2 Å². The van der Waals surface area contributed by atoms with Crippen molar-refractivity contribution in [1.29, 1.82) is 0 Å². The van der Waals surface area contributed by atoms with Crippen molar-refractivity contribution in [2.45, 2.75) is 43.7 Å². The second kappa shape index (κ2) is 4.32. The number of hydrogen-bond donors (Lipinski definition) is 4. The molecule has 0 aliphatic carbocycles. The van der Waals surface area contributed by atoms with Gasteiger partial charge in [-0.15, -0.1) is 0 Å². The van der Waals surface area contributed by atoms with Crippen molar-refractivity contribution in [2.24, 2.45) is 0 Å². The summed E-state index contributed by atoms with van der Waals surface area (Å²) in [5.74, 6) is 0. The van der Waals surface area contributed by atoms with Crippen LogP contribution in [0, 0.1) is 0 Å². The summed E-state index contributed by atoms with van der Waals surface area (Å²) in [7, 11) is 0. The molecule has 15 heavy (non-hydrogen) atoms. The quantitative estimate of drug-likeness (QED) is 0.400. The predicted molar refractivity (Wildman–Crippen MR) is 50.1 cm³/mol. The van der Waals surface area contributed by atoms with Gasteiger partial charge in [-0.25, -0.2) is 0 Å². The van der Waals surface area contributed by atoms with E-state index >= 15 is 0 Å². The van der Waals surface area contributed by atoms with Crippen LogP contribution in [0.3, 0.4) is 0 Å². The van der Waals surface area contributed by atoms with Crippen LogP contribution in [0.4, 0.5) is 0 Å². The van der Waals surface area contributed by atoms with Crippen molar-refractivity contribution in [3.05, 3.63) is 0 Å². The molecule has 0 aromatic rings. The van der Waals surface area contributed by atoms with Gasteiger partial charge in [0.2, 0.25) is 0 Å². The van der Waals surface area contributed by atoms with Crippen molar-refractivity contribution in [2.75, 3.05) is 13.2 Å². The van der Waals surface area contributed by atoms with Crippen LogP contribution in [0.1, 0.15) is 6.92 Å². The molecule has 88 valence electrons. The van der Waals surface area contributed by atoms with Gasteiger partial charge in [-0.3, -0.25) is 0 Å². The molecule has 0 unspecified atom stereocenters. The maximum Gasteiger partial charge on any atom is 0.173 e. The Bertz CT molecular complexity index is 227. The maximum absolute atomic E-state index is 9.84. The fourth-order valence-corrected chi connectivity index (χ4v) is 2.08. The summed E-state index contributed by atoms with van der Waals surface area (Å²) in [6.45, 7) is 2.16. The molecule has 0 amide bonds. The lowest BCUT2D eigenvalue weighted by Gasteiger charge is -2.46. The predicted octanol–water partition coefficient (Wildman–Crippen LogP) is -2.20. The van der Waals surface area contributed by atoms with E-state index in [2.05, 4.69) is 5.32 Å². The zero-order valence-electron chi connectivity index (χ0n) is 8.54. The first kappa shape index (κ1) is 11.3. The smallest absolute Gasteiger partial charge is 0.173 e. The molecule has 4 N–H and O–H groups in total. The van der Waals surface area contributed by atoms with Gasteiger partial charge in [0.05, 0.1) is 18.8 Å². The number of rotatable bonds is 1. The van der Waals surface area contributed by atoms with Gasteiger partial charge in [-0.1, -0.05) is 0 Å². The third-order valence-corrected chi connectivity index (χ3v) is 2.90. The number of ether oxygens (including phenoxy) is 2. The second-order valence-electron chi connectivity index (χ2n) is 4.08. The van der Waals surface area contributed by atoms with Gasteiger partial charge in [0.15, 0.2) is 6.29 Å². The Hall–Kier alpha value is -0.240. The van der Waals surface area contributed by atoms with Gasteiger partial charge >= 0.3 is 0 Å². The number of aliphatic hydroxyl groups is 3. The first-order valence-corrected chi connectivity index (χ1v) is 5.14. The highest BCUT2D eigenvalue weighted by Crippen LogP contribution is 2.25. The van der Waals surface area contributed by atoms with Gasteiger partial charge in [0.25, 0.3) is 0 Å². The molecule has 0 aromatic heterocycles. The summed E-state index contributed by atoms with van der Waals surface area (Å²) in [6.07, 6.45) is -3.31. The number of morpholine rings is 1. The van der Waals surface area contributed by atoms with Crippen LogP contribution < -0.4 is 5.32 Å². The molecule has 2 aliphatic heterocycles. The molecule has 0 spiro atoms. The molecule has 2 rings (SSSR count). The Morgan fingerprint density at radius 3 is 2.73 bits per heavy atom. The van der Waals surface area contributed by atoms with Crippen LogP contribution in [0.25, 0.3) is 0 Å². The standard InChI is InChI=1S/C9H17NO5/c1-4-2-10-6-8(14-4)7(12)5(3-11)15-9(6)13/h4-13H,2-3H2,1H3/t4-,5-,6-,7-,8-,9+/m1/s1. The van der Waals surface area contributed by atoms with Crippen molar-refractivity contribution in [3.63, 3.8) is 0 Å². The summed E-state index contributed by atoms with van der Waals surface area (Å²) in [6, 6.07) is -0.431. The van der Waals surface area contributed by atoms with Crippen molar-refractivity contribution >= 4 is 0 Å². The maximum atomic E-state index is 9.84. The van der Waals surface area contributed by atoms with Crippen LogP contribution in [0.15, 0.2) is 0 Å². The van der Waals surface area contributed by atoms with E-state index in [1.807, 2.05) is 6.92 Å². The molecule has 6 atom stereocenters. The molecule has 0 radical (unpaired) electrons. The van der Waals surface area contributed by atoms with Crippen molar-refractivity contribution in [1.82, 2.24) is 5.32 Å². The van der Waals surface area contributed by atoms with E-state index in [0.717, 1.165) is 0 Å². The highest BCUT2D eigenvalue weighted by molar-refractivity contribution is 4.96. The lowest BCUT2D eigenvalue weighted by molar-refractivity contribution is -0.278. The van der Waals surface area contributed by atoms with Crippen molar-refractivity contribution < 1.29 is 24.8 Å². The zero-order valence-corrected chi connectivity index (χ0v) is 8.54. The van der Waals surface area contributed by atoms with Gasteiger partial charge in [-0.05, 0) is 6.92 Å². The zero-order chi connectivity index (χ0) is 11.0. The number of aliphatic hydroxyl groups excluding tert-OH is 3. The fourth-order valence-electron chi connectivity index (χ4n) is 2.08. The van der Waals surface area contributed by atoms with Crippen LogP contribution in [0.2, 0.25) is 0 Å². The normalized spacial score (nSPS) is 51.2. The summed E-state index contributed by atoms with van der Waals surface area (Å²) in [4.78, 5) is 0. The minimum atomic E-state index is -1.05. The lowest BCUT2D eigenvalue weighted by Crippen LogP contribution is -2.68. The molecule has 6 heteroatoms. The molecular formula is C9H17NO5. The van der Waals surface area contributed by atoms with Gasteiger partial charge < -0.3 is 30.1 Å². The van der Waals surface area contributed by atoms with E-state index in [4.69, 9.17) is 14.6 Å². The Kier molecular flexibility index (Phi) is 3.24. The third kappa shape index (κ3) is 2.01. The van der Waals surface area contributed by atoms with Crippen LogP contribution in [-0.4, -0.2) is 65.2 Å². The van der Waals surface area contributed by atoms with Crippen molar-refractivity contribution in [3.8, 4) is 0 Å². The Morgan fingerprint density at radius 1 is 1.33 bits per heavy atom. The summed E-state index contributed by atoms with van der Waals surface area (Å²) in [5.41, 5.74) is 0. The number of fused-ring (bicyclic) bond motifs is 1. The number of hydrogen-bond acceptors (Lipinski definition) is 6. The summed E-state index contributed by atoms with van der Waals surface area (Å²) < 4.78 is 10.6. The summed E-state index contributed by atoms with van der Waals surface area (Å²) in [5, 5.41) is 31.5. The number of nitrogens with one attached hydrogen (secondary N) is 1. The Balaban J connectivity index is 2.10. The van der Waals surface area contributed by atoms with E-state index in [-0.39, 0.29) is 12.7 Å². The summed E-state index contributed by atoms with van der Waals surface area (Å²) >= 11 is 0. The lowest BCUT2D eigenvalue weighted by atomic mass is 9.95. The van der Waals surface area contributed by atoms with Crippen LogP contribution >= 0.6 is 0 Å². The Morgan fingerprint density at radius 2 is 2.07 bits per heavy atom. The van der Waals surface area contributed by atoms with Crippen LogP contribution in [-0.2, 0) is 9.47 Å². The Labute approximate surface area is 87.8 Å². The minimum Gasteiger partial charge on any atom is -0.394 e. The molecule has 2 aliphatic rings. The highest BCUT2D eigenvalue weighted by Gasteiger charge is 2.47. The van der Waals surface area contributed by atoms with Gasteiger partial charge in [0, 0.05) is 6.54 Å². The minimum absolute atomic E-state index is 0.0226. The fraction of sp³-hybridized carbons (Fsp3) is 1.00. The first-order valence-electron chi connectivity index (χ1n) is 5.14. The van der Waals surface area contributed by atoms with Gasteiger partial charge in [-0.2, -0.15) is 0 Å². The molecule has 0 saturated carbocycles. The molecule has 0 bridgehead atoms. The highest BCUT2D eigenvalue weighted by atomic mass is 16.6.